The first-order valence-electron chi connectivity index (χ1n) is 12.6. The summed E-state index contributed by atoms with van der Waals surface area (Å²) in [7, 11) is 4.22. The fourth-order valence-corrected chi connectivity index (χ4v) is 6.47. The molecule has 39 heavy (non-hydrogen) atoms. The second kappa shape index (κ2) is 10.2. The number of esters is 2. The van der Waals surface area contributed by atoms with Gasteiger partial charge in [-0.3, -0.25) is 34.2 Å². The number of para-hydroxylation sites is 1. The Morgan fingerprint density at radius 1 is 0.872 bits per heavy atom. The van der Waals surface area contributed by atoms with E-state index >= 15 is 0 Å². The number of likely N-dealkylation sites (tertiary alicyclic amines) is 2. The number of pyridine rings is 2. The summed E-state index contributed by atoms with van der Waals surface area (Å²) in [6, 6.07) is 15.6. The van der Waals surface area contributed by atoms with Crippen LogP contribution in [0, 0.1) is 10.8 Å². The third-order valence-electron chi connectivity index (χ3n) is 7.93. The SMILES string of the molecule is COC(=O)C12CN(Cc3ccccc3O)CC(C(=O)OC)(C1=O)C(c1ccccn1)N(C)C2c1ccccn1. The van der Waals surface area contributed by atoms with E-state index in [0.29, 0.717) is 17.0 Å². The smallest absolute Gasteiger partial charge is 0.322 e. The van der Waals surface area contributed by atoms with Crippen LogP contribution < -0.4 is 0 Å². The molecule has 2 fully saturated rings. The van der Waals surface area contributed by atoms with Gasteiger partial charge in [-0.05, 0) is 37.4 Å². The highest BCUT2D eigenvalue weighted by molar-refractivity contribution is 6.17. The Morgan fingerprint density at radius 3 is 1.79 bits per heavy atom. The van der Waals surface area contributed by atoms with Gasteiger partial charge in [0.25, 0.3) is 0 Å². The first kappa shape index (κ1) is 26.5. The van der Waals surface area contributed by atoms with Crippen LogP contribution in [0.2, 0.25) is 0 Å². The van der Waals surface area contributed by atoms with E-state index in [0.717, 1.165) is 0 Å². The molecule has 0 amide bonds. The van der Waals surface area contributed by atoms with Crippen molar-refractivity contribution < 1.29 is 29.0 Å². The summed E-state index contributed by atoms with van der Waals surface area (Å²) < 4.78 is 10.6. The Labute approximate surface area is 226 Å². The first-order chi connectivity index (χ1) is 18.8. The number of aromatic nitrogens is 2. The molecule has 5 rings (SSSR count). The summed E-state index contributed by atoms with van der Waals surface area (Å²) in [6.45, 7) is 0.0449. The molecule has 0 saturated carbocycles. The summed E-state index contributed by atoms with van der Waals surface area (Å²) in [4.78, 5) is 55.3. The topological polar surface area (TPSA) is 122 Å². The zero-order chi connectivity index (χ0) is 27.8. The van der Waals surface area contributed by atoms with E-state index in [1.807, 2.05) is 9.80 Å². The molecule has 4 atom stereocenters. The minimum Gasteiger partial charge on any atom is -0.508 e. The van der Waals surface area contributed by atoms with Gasteiger partial charge in [0, 0.05) is 37.6 Å². The molecule has 2 aliphatic rings. The van der Waals surface area contributed by atoms with Crippen LogP contribution in [0.1, 0.15) is 29.0 Å². The molecule has 0 spiro atoms. The van der Waals surface area contributed by atoms with Crippen molar-refractivity contribution in [1.29, 1.82) is 0 Å². The maximum Gasteiger partial charge on any atom is 0.322 e. The third-order valence-corrected chi connectivity index (χ3v) is 7.93. The molecule has 2 saturated heterocycles. The van der Waals surface area contributed by atoms with Crippen molar-refractivity contribution in [3.8, 4) is 5.75 Å². The molecule has 4 unspecified atom stereocenters. The quantitative estimate of drug-likeness (QED) is 0.375. The Bertz CT molecular complexity index is 1310. The van der Waals surface area contributed by atoms with Gasteiger partial charge in [0.05, 0.1) is 37.7 Å². The van der Waals surface area contributed by atoms with E-state index in [-0.39, 0.29) is 25.4 Å². The van der Waals surface area contributed by atoms with Gasteiger partial charge in [-0.1, -0.05) is 30.3 Å². The van der Waals surface area contributed by atoms with Crippen molar-refractivity contribution >= 4 is 17.7 Å². The van der Waals surface area contributed by atoms with Crippen molar-refractivity contribution in [3.63, 3.8) is 0 Å². The number of Topliss-reactive ketones (excluding diaryl/α,β-unsaturated/α-hetero) is 1. The molecule has 3 aromatic rings. The van der Waals surface area contributed by atoms with Crippen molar-refractivity contribution in [2.75, 3.05) is 34.4 Å². The second-order valence-corrected chi connectivity index (χ2v) is 10.0. The predicted octanol–water partition coefficient (Wildman–Crippen LogP) is 2.31. The molecule has 1 aromatic carbocycles. The molecule has 202 valence electrons. The fourth-order valence-electron chi connectivity index (χ4n) is 6.47. The minimum absolute atomic E-state index is 0.0634. The number of phenolic OH excluding ortho intramolecular Hbond substituents is 1. The number of piperidine rings is 2. The number of ketones is 1. The monoisotopic (exact) mass is 530 g/mol. The maximum atomic E-state index is 14.9. The highest BCUT2D eigenvalue weighted by Crippen LogP contribution is 2.60. The maximum absolute atomic E-state index is 14.9. The lowest BCUT2D eigenvalue weighted by Gasteiger charge is -2.60. The largest absolute Gasteiger partial charge is 0.508 e. The molecule has 4 heterocycles. The molecule has 1 N–H and O–H groups in total. The Morgan fingerprint density at radius 2 is 1.36 bits per heavy atom. The van der Waals surface area contributed by atoms with Gasteiger partial charge < -0.3 is 14.6 Å². The normalized spacial score (nSPS) is 27.1. The molecule has 10 heteroatoms. The van der Waals surface area contributed by atoms with Gasteiger partial charge >= 0.3 is 11.9 Å². The lowest BCUT2D eigenvalue weighted by atomic mass is 9.54. The van der Waals surface area contributed by atoms with Crippen LogP contribution in [0.15, 0.2) is 73.1 Å². The first-order valence-corrected chi connectivity index (χ1v) is 12.6. The summed E-state index contributed by atoms with van der Waals surface area (Å²) in [5.41, 5.74) is -2.13. The van der Waals surface area contributed by atoms with Crippen molar-refractivity contribution in [1.82, 2.24) is 19.8 Å². The molecule has 10 nitrogen and oxygen atoms in total. The zero-order valence-corrected chi connectivity index (χ0v) is 22.0. The number of ether oxygens (including phenoxy) is 2. The van der Waals surface area contributed by atoms with Gasteiger partial charge in [0.2, 0.25) is 0 Å². The van der Waals surface area contributed by atoms with Gasteiger partial charge in [-0.25, -0.2) is 0 Å². The standard InChI is InChI=1S/C29H30N4O6/c1-32-23(20-11-6-8-14-30-20)28(26(36)38-2)17-33(16-19-10-4-5-13-22(19)34)18-29(25(28)35,27(37)39-3)24(32)21-12-7-9-15-31-21/h4-15,23-24,34H,16-18H2,1-3H3. The van der Waals surface area contributed by atoms with Crippen molar-refractivity contribution in [2.45, 2.75) is 18.6 Å². The summed E-state index contributed by atoms with van der Waals surface area (Å²) in [6.07, 6.45) is 3.19. The number of carbonyl (C=O) groups excluding carboxylic acids is 3. The number of hydrogen-bond acceptors (Lipinski definition) is 10. The Balaban J connectivity index is 1.80. The summed E-state index contributed by atoms with van der Waals surface area (Å²) in [5.74, 6) is -2.07. The molecule has 2 aliphatic heterocycles. The number of nitrogens with zero attached hydrogens (tertiary/aromatic N) is 4. The van der Waals surface area contributed by atoms with Crippen LogP contribution in [-0.2, 0) is 30.4 Å². The third kappa shape index (κ3) is 3.98. The summed E-state index contributed by atoms with van der Waals surface area (Å²) in [5, 5.41) is 10.5. The molecule has 2 bridgehead atoms. The number of hydrogen-bond donors (Lipinski definition) is 1. The van der Waals surface area contributed by atoms with E-state index in [1.165, 1.54) is 14.2 Å². The van der Waals surface area contributed by atoms with Gasteiger partial charge in [-0.2, -0.15) is 0 Å². The molecular weight excluding hydrogens is 500 g/mol. The number of methoxy groups -OCH3 is 2. The van der Waals surface area contributed by atoms with E-state index in [2.05, 4.69) is 9.97 Å². The molecule has 0 radical (unpaired) electrons. The molecule has 2 aromatic heterocycles. The lowest BCUT2D eigenvalue weighted by molar-refractivity contribution is -0.204. The minimum atomic E-state index is -1.83. The number of rotatable bonds is 6. The number of fused-ring (bicyclic) bond motifs is 2. The highest BCUT2D eigenvalue weighted by Gasteiger charge is 2.75. The highest BCUT2D eigenvalue weighted by atomic mass is 16.5. The fraction of sp³-hybridized carbons (Fsp3) is 0.345. The molecule has 0 aliphatic carbocycles. The van der Waals surface area contributed by atoms with Gasteiger partial charge in [0.15, 0.2) is 16.6 Å². The number of aromatic hydroxyl groups is 1. The van der Waals surface area contributed by atoms with E-state index in [4.69, 9.17) is 9.47 Å². The Hall–Kier alpha value is -4.15. The predicted molar refractivity (Wildman–Crippen MR) is 139 cm³/mol. The van der Waals surface area contributed by atoms with Crippen LogP contribution in [0.5, 0.6) is 5.75 Å². The van der Waals surface area contributed by atoms with Crippen LogP contribution in [0.3, 0.4) is 0 Å². The van der Waals surface area contributed by atoms with Crippen molar-refractivity contribution in [3.05, 3.63) is 90.0 Å². The van der Waals surface area contributed by atoms with Crippen LogP contribution in [-0.4, -0.2) is 77.0 Å². The number of benzene rings is 1. The molecular formula is C29H30N4O6. The number of phenols is 1. The summed E-state index contributed by atoms with van der Waals surface area (Å²) >= 11 is 0. The van der Waals surface area contributed by atoms with Gasteiger partial charge in [0.1, 0.15) is 5.75 Å². The average molecular weight is 531 g/mol. The van der Waals surface area contributed by atoms with E-state index in [9.17, 15) is 19.5 Å². The van der Waals surface area contributed by atoms with E-state index in [1.54, 1.807) is 80.1 Å². The van der Waals surface area contributed by atoms with Gasteiger partial charge in [-0.15, -0.1) is 0 Å². The van der Waals surface area contributed by atoms with E-state index < -0.39 is 40.6 Å². The van der Waals surface area contributed by atoms with Crippen LogP contribution >= 0.6 is 0 Å². The van der Waals surface area contributed by atoms with Crippen LogP contribution in [0.4, 0.5) is 0 Å². The number of carbonyl (C=O) groups is 3. The zero-order valence-electron chi connectivity index (χ0n) is 22.0. The van der Waals surface area contributed by atoms with Crippen molar-refractivity contribution in [2.24, 2.45) is 10.8 Å². The Kier molecular flexibility index (Phi) is 6.92. The lowest BCUT2D eigenvalue weighted by Crippen LogP contribution is -2.75. The van der Waals surface area contributed by atoms with Crippen LogP contribution in [0.25, 0.3) is 0 Å². The average Bonchev–Trinajstić information content (AvgIpc) is 2.96. The second-order valence-electron chi connectivity index (χ2n) is 10.0.